The molecule has 9 heteroatoms. The van der Waals surface area contributed by atoms with Crippen LogP contribution in [0.15, 0.2) is 64.9 Å². The smallest absolute Gasteiger partial charge is 0.358 e. The summed E-state index contributed by atoms with van der Waals surface area (Å²) in [5.41, 5.74) is 0.120. The van der Waals surface area contributed by atoms with Crippen molar-refractivity contribution >= 4 is 35.0 Å². The molecule has 1 heterocycles. The lowest BCUT2D eigenvalue weighted by Gasteiger charge is -2.06. The van der Waals surface area contributed by atoms with E-state index >= 15 is 0 Å². The highest BCUT2D eigenvalue weighted by atomic mass is 32.2. The molecule has 1 N–H and O–H groups in total. The number of carbonyl (C=O) groups excluding carboxylic acids is 2. The maximum Gasteiger partial charge on any atom is 0.358 e. The van der Waals surface area contributed by atoms with Crippen molar-refractivity contribution in [2.24, 2.45) is 0 Å². The number of aromatic nitrogens is 1. The minimum Gasteiger partial charge on any atom is -0.486 e. The van der Waals surface area contributed by atoms with Crippen LogP contribution in [0, 0.1) is 5.82 Å². The lowest BCUT2D eigenvalue weighted by molar-refractivity contribution is -0.124. The van der Waals surface area contributed by atoms with Gasteiger partial charge in [0, 0.05) is 16.8 Å². The van der Waals surface area contributed by atoms with E-state index in [1.54, 1.807) is 17.1 Å². The molecule has 2 aromatic carbocycles. The molecule has 0 aliphatic heterocycles. The number of esters is 1. The van der Waals surface area contributed by atoms with Crippen molar-refractivity contribution in [3.63, 3.8) is 0 Å². The summed E-state index contributed by atoms with van der Waals surface area (Å²) < 4.78 is 23.4. The summed E-state index contributed by atoms with van der Waals surface area (Å²) in [5, 5.41) is 4.84. The second kappa shape index (κ2) is 12.1. The molecule has 0 spiro atoms. The molecule has 1 amide bonds. The number of rotatable bonds is 11. The maximum absolute atomic E-state index is 12.9. The highest BCUT2D eigenvalue weighted by Crippen LogP contribution is 2.18. The summed E-state index contributed by atoms with van der Waals surface area (Å²) in [7, 11) is 0. The highest BCUT2D eigenvalue weighted by molar-refractivity contribution is 7.99. The fourth-order valence-corrected chi connectivity index (χ4v) is 3.96. The Bertz CT molecular complexity index is 981. The van der Waals surface area contributed by atoms with Crippen molar-refractivity contribution < 1.29 is 23.5 Å². The molecule has 0 saturated heterocycles. The fourth-order valence-electron chi connectivity index (χ4n) is 2.41. The Balaban J connectivity index is 1.31. The van der Waals surface area contributed by atoms with E-state index < -0.39 is 5.97 Å². The van der Waals surface area contributed by atoms with E-state index in [4.69, 9.17) is 9.47 Å². The third kappa shape index (κ3) is 8.03. The van der Waals surface area contributed by atoms with Gasteiger partial charge in [0.2, 0.25) is 0 Å². The number of ether oxygens (including phenoxy) is 2. The number of carbonyl (C=O) groups is 2. The predicted octanol–water partition coefficient (Wildman–Crippen LogP) is 4.32. The van der Waals surface area contributed by atoms with Crippen LogP contribution in [-0.4, -0.2) is 35.8 Å². The average Bonchev–Trinajstić information content (AvgIpc) is 3.27. The van der Waals surface area contributed by atoms with Crippen LogP contribution in [-0.2, 0) is 16.1 Å². The van der Waals surface area contributed by atoms with Crippen LogP contribution in [0.1, 0.15) is 21.9 Å². The number of halogens is 1. The lowest BCUT2D eigenvalue weighted by atomic mass is 10.3. The van der Waals surface area contributed by atoms with E-state index in [0.29, 0.717) is 17.3 Å². The number of benzene rings is 2. The first kappa shape index (κ1) is 22.8. The minimum absolute atomic E-state index is 0.120. The second-order valence-electron chi connectivity index (χ2n) is 6.31. The van der Waals surface area contributed by atoms with Crippen LogP contribution in [0.2, 0.25) is 0 Å². The predicted molar refractivity (Wildman–Crippen MR) is 118 cm³/mol. The van der Waals surface area contributed by atoms with Gasteiger partial charge in [0.15, 0.2) is 12.3 Å². The first-order valence-electron chi connectivity index (χ1n) is 9.54. The number of thioether (sulfide) groups is 1. The van der Waals surface area contributed by atoms with Gasteiger partial charge >= 0.3 is 5.97 Å². The maximum atomic E-state index is 12.9. The average molecular weight is 461 g/mol. The van der Waals surface area contributed by atoms with Gasteiger partial charge in [-0.15, -0.1) is 23.1 Å². The number of hydrogen-bond donors (Lipinski definition) is 1. The summed E-state index contributed by atoms with van der Waals surface area (Å²) >= 11 is 2.96. The van der Waals surface area contributed by atoms with Crippen molar-refractivity contribution in [3.8, 4) is 5.75 Å². The molecule has 6 nitrogen and oxygen atoms in total. The standard InChI is InChI=1S/C22H21FN2O4S2/c23-16-7-9-17(10-8-16)28-14-21-25-19(15-31-21)22(27)29-13-20(26)24-11-4-12-30-18-5-2-1-3-6-18/h1-3,5-10,15H,4,11-14H2,(H,24,26). The Morgan fingerprint density at radius 3 is 2.65 bits per heavy atom. The van der Waals surface area contributed by atoms with Gasteiger partial charge in [-0.3, -0.25) is 4.79 Å². The topological polar surface area (TPSA) is 77.5 Å². The van der Waals surface area contributed by atoms with Crippen LogP contribution in [0.5, 0.6) is 5.75 Å². The molecule has 31 heavy (non-hydrogen) atoms. The van der Waals surface area contributed by atoms with Gasteiger partial charge in [-0.05, 0) is 48.6 Å². The van der Waals surface area contributed by atoms with Gasteiger partial charge in [-0.2, -0.15) is 0 Å². The van der Waals surface area contributed by atoms with Gasteiger partial charge in [0.05, 0.1) is 0 Å². The summed E-state index contributed by atoms with van der Waals surface area (Å²) in [4.78, 5) is 29.2. The fraction of sp³-hybridized carbons (Fsp3) is 0.227. The lowest BCUT2D eigenvalue weighted by Crippen LogP contribution is -2.29. The van der Waals surface area contributed by atoms with E-state index in [9.17, 15) is 14.0 Å². The molecule has 3 aromatic rings. The third-order valence-corrected chi connectivity index (χ3v) is 5.85. The SMILES string of the molecule is O=C(COC(=O)c1csc(COc2ccc(F)cc2)n1)NCCCSc1ccccc1. The van der Waals surface area contributed by atoms with Crippen molar-refractivity contribution in [1.82, 2.24) is 10.3 Å². The van der Waals surface area contributed by atoms with E-state index in [2.05, 4.69) is 10.3 Å². The van der Waals surface area contributed by atoms with Crippen LogP contribution in [0.4, 0.5) is 4.39 Å². The van der Waals surface area contributed by atoms with Crippen molar-refractivity contribution in [2.75, 3.05) is 18.9 Å². The number of amides is 1. The Morgan fingerprint density at radius 2 is 1.87 bits per heavy atom. The molecule has 0 atom stereocenters. The molecule has 3 rings (SSSR count). The molecular weight excluding hydrogens is 439 g/mol. The zero-order chi connectivity index (χ0) is 21.9. The van der Waals surface area contributed by atoms with E-state index in [0.717, 1.165) is 12.2 Å². The largest absolute Gasteiger partial charge is 0.486 e. The number of hydrogen-bond acceptors (Lipinski definition) is 7. The molecule has 0 aliphatic rings. The molecule has 0 radical (unpaired) electrons. The molecule has 0 saturated carbocycles. The zero-order valence-corrected chi connectivity index (χ0v) is 18.2. The summed E-state index contributed by atoms with van der Waals surface area (Å²) in [5.74, 6) is 0.0135. The number of nitrogens with zero attached hydrogens (tertiary/aromatic N) is 1. The normalized spacial score (nSPS) is 10.5. The molecule has 1 aromatic heterocycles. The van der Waals surface area contributed by atoms with Gasteiger partial charge in [-0.1, -0.05) is 18.2 Å². The van der Waals surface area contributed by atoms with Gasteiger partial charge in [0.25, 0.3) is 5.91 Å². The molecular formula is C22H21FN2O4S2. The molecule has 0 aliphatic carbocycles. The highest BCUT2D eigenvalue weighted by Gasteiger charge is 2.14. The Hall–Kier alpha value is -2.91. The van der Waals surface area contributed by atoms with E-state index in [1.165, 1.54) is 40.5 Å². The first-order chi connectivity index (χ1) is 15.1. The first-order valence-corrected chi connectivity index (χ1v) is 11.4. The van der Waals surface area contributed by atoms with Crippen LogP contribution in [0.3, 0.4) is 0 Å². The number of nitrogens with one attached hydrogen (secondary N) is 1. The quantitative estimate of drug-likeness (QED) is 0.261. The van der Waals surface area contributed by atoms with Crippen LogP contribution < -0.4 is 10.1 Å². The monoisotopic (exact) mass is 460 g/mol. The van der Waals surface area contributed by atoms with Gasteiger partial charge < -0.3 is 14.8 Å². The van der Waals surface area contributed by atoms with Crippen LogP contribution >= 0.6 is 23.1 Å². The zero-order valence-electron chi connectivity index (χ0n) is 16.6. The molecule has 0 unspecified atom stereocenters. The summed E-state index contributed by atoms with van der Waals surface area (Å²) in [6, 6.07) is 15.7. The van der Waals surface area contributed by atoms with E-state index in [-0.39, 0.29) is 30.6 Å². The van der Waals surface area contributed by atoms with Crippen LogP contribution in [0.25, 0.3) is 0 Å². The summed E-state index contributed by atoms with van der Waals surface area (Å²) in [6.07, 6.45) is 0.808. The Morgan fingerprint density at radius 1 is 1.10 bits per heavy atom. The minimum atomic E-state index is -0.668. The number of thiazole rings is 1. The second-order valence-corrected chi connectivity index (χ2v) is 8.42. The van der Waals surface area contributed by atoms with Crippen molar-refractivity contribution in [2.45, 2.75) is 17.9 Å². The molecule has 0 bridgehead atoms. The van der Waals surface area contributed by atoms with Crippen molar-refractivity contribution in [1.29, 1.82) is 0 Å². The van der Waals surface area contributed by atoms with E-state index in [1.807, 2.05) is 30.3 Å². The molecule has 162 valence electrons. The summed E-state index contributed by atoms with van der Waals surface area (Å²) in [6.45, 7) is 0.298. The Labute approximate surface area is 187 Å². The Kier molecular flexibility index (Phi) is 8.86. The third-order valence-electron chi connectivity index (χ3n) is 3.93. The molecule has 0 fully saturated rings. The van der Waals surface area contributed by atoms with Crippen molar-refractivity contribution in [3.05, 3.63) is 76.5 Å². The van der Waals surface area contributed by atoms with Gasteiger partial charge in [-0.25, -0.2) is 14.2 Å². The van der Waals surface area contributed by atoms with Gasteiger partial charge in [0.1, 0.15) is 23.2 Å².